The highest BCUT2D eigenvalue weighted by Crippen LogP contribution is 2.12. The molecular weight excluding hydrogens is 300 g/mol. The summed E-state index contributed by atoms with van der Waals surface area (Å²) in [7, 11) is 0. The minimum Gasteiger partial charge on any atom is -0.357 e. The zero-order valence-electron chi connectivity index (χ0n) is 14.4. The molecule has 0 spiro atoms. The van der Waals surface area contributed by atoms with Crippen molar-refractivity contribution in [3.05, 3.63) is 59.8 Å². The molecule has 5 nitrogen and oxygen atoms in total. The van der Waals surface area contributed by atoms with Gasteiger partial charge in [0.2, 0.25) is 0 Å². The van der Waals surface area contributed by atoms with Gasteiger partial charge in [0.1, 0.15) is 5.82 Å². The summed E-state index contributed by atoms with van der Waals surface area (Å²) >= 11 is 0. The topological polar surface area (TPSA) is 71.2 Å². The van der Waals surface area contributed by atoms with Crippen molar-refractivity contribution in [2.75, 3.05) is 24.5 Å². The molecule has 24 heavy (non-hydrogen) atoms. The van der Waals surface area contributed by atoms with Gasteiger partial charge in [-0.05, 0) is 31.0 Å². The smallest absolute Gasteiger partial charge is 0.252 e. The minimum atomic E-state index is -0.220. The maximum Gasteiger partial charge on any atom is 0.252 e. The summed E-state index contributed by atoms with van der Waals surface area (Å²) in [5.74, 6) is 0.746. The van der Waals surface area contributed by atoms with Crippen molar-refractivity contribution in [3.63, 3.8) is 0 Å². The molecule has 1 amide bonds. The first kappa shape index (κ1) is 17.9. The Kier molecular flexibility index (Phi) is 6.75. The van der Waals surface area contributed by atoms with Gasteiger partial charge in [0, 0.05) is 31.9 Å². The zero-order chi connectivity index (χ0) is 17.4. The fourth-order valence-corrected chi connectivity index (χ4v) is 2.53. The minimum absolute atomic E-state index is 0.154. The van der Waals surface area contributed by atoms with Crippen molar-refractivity contribution in [2.45, 2.75) is 26.3 Å². The van der Waals surface area contributed by atoms with Crippen molar-refractivity contribution in [1.29, 1.82) is 0 Å². The maximum atomic E-state index is 12.2. The van der Waals surface area contributed by atoms with Gasteiger partial charge in [0.05, 0.1) is 5.56 Å². The van der Waals surface area contributed by atoms with Crippen molar-refractivity contribution in [2.24, 2.45) is 5.73 Å². The molecule has 1 aromatic heterocycles. The quantitative estimate of drug-likeness (QED) is 0.782. The number of hydrogen-bond acceptors (Lipinski definition) is 4. The van der Waals surface area contributed by atoms with E-state index in [1.807, 2.05) is 42.5 Å². The van der Waals surface area contributed by atoms with E-state index in [1.165, 1.54) is 0 Å². The summed E-state index contributed by atoms with van der Waals surface area (Å²) in [6, 6.07) is 13.2. The van der Waals surface area contributed by atoms with Crippen LogP contribution in [-0.2, 0) is 0 Å². The van der Waals surface area contributed by atoms with Crippen LogP contribution in [0, 0.1) is 0 Å². The number of amides is 1. The van der Waals surface area contributed by atoms with Gasteiger partial charge in [-0.1, -0.05) is 37.3 Å². The first-order valence-corrected chi connectivity index (χ1v) is 8.45. The number of aromatic nitrogens is 1. The van der Waals surface area contributed by atoms with Crippen molar-refractivity contribution < 1.29 is 4.79 Å². The molecule has 0 aliphatic heterocycles. The summed E-state index contributed by atoms with van der Waals surface area (Å²) in [6.45, 7) is 6.49. The molecule has 5 heteroatoms. The summed E-state index contributed by atoms with van der Waals surface area (Å²) in [6.07, 6.45) is 2.69. The third-order valence-electron chi connectivity index (χ3n) is 3.92. The number of hydrogen-bond donors (Lipinski definition) is 2. The number of carbonyl (C=O) groups is 1. The third-order valence-corrected chi connectivity index (χ3v) is 3.92. The van der Waals surface area contributed by atoms with Gasteiger partial charge in [-0.15, -0.1) is 0 Å². The molecule has 0 radical (unpaired) electrons. The van der Waals surface area contributed by atoms with Crippen LogP contribution in [0.25, 0.3) is 0 Å². The summed E-state index contributed by atoms with van der Waals surface area (Å²) in [5, 5.41) is 2.87. The Bertz CT molecular complexity index is 628. The van der Waals surface area contributed by atoms with Crippen LogP contribution in [0.15, 0.2) is 48.7 Å². The summed E-state index contributed by atoms with van der Waals surface area (Å²) < 4.78 is 0. The number of benzene rings is 1. The molecule has 0 saturated carbocycles. The van der Waals surface area contributed by atoms with Gasteiger partial charge in [-0.3, -0.25) is 4.79 Å². The average molecular weight is 326 g/mol. The lowest BCUT2D eigenvalue weighted by molar-refractivity contribution is 0.0951. The Hall–Kier alpha value is -2.40. The fraction of sp³-hybridized carbons (Fsp3) is 0.368. The van der Waals surface area contributed by atoms with Crippen molar-refractivity contribution in [1.82, 2.24) is 10.3 Å². The molecule has 0 saturated heterocycles. The van der Waals surface area contributed by atoms with Gasteiger partial charge < -0.3 is 16.0 Å². The molecule has 2 rings (SSSR count). The summed E-state index contributed by atoms with van der Waals surface area (Å²) in [4.78, 5) is 18.8. The molecule has 1 heterocycles. The predicted molar refractivity (Wildman–Crippen MR) is 98.1 cm³/mol. The van der Waals surface area contributed by atoms with E-state index in [0.29, 0.717) is 12.1 Å². The van der Waals surface area contributed by atoms with E-state index in [0.717, 1.165) is 30.9 Å². The van der Waals surface area contributed by atoms with Crippen molar-refractivity contribution in [3.8, 4) is 0 Å². The van der Waals surface area contributed by atoms with Gasteiger partial charge in [-0.2, -0.15) is 0 Å². The van der Waals surface area contributed by atoms with Crippen LogP contribution < -0.4 is 16.0 Å². The lowest BCUT2D eigenvalue weighted by Gasteiger charge is -2.21. The molecular formula is C19H26N4O. The predicted octanol–water partition coefficient (Wildman–Crippen LogP) is 2.75. The lowest BCUT2D eigenvalue weighted by Crippen LogP contribution is -2.32. The molecule has 0 aliphatic rings. The third kappa shape index (κ3) is 4.80. The van der Waals surface area contributed by atoms with Gasteiger partial charge in [0.25, 0.3) is 5.91 Å². The monoisotopic (exact) mass is 326 g/mol. The SMILES string of the molecule is CCCN(CC)c1ccc(C(=O)NCC(N)c2ccccc2)cn1. The Morgan fingerprint density at radius 3 is 2.54 bits per heavy atom. The molecule has 0 fully saturated rings. The number of nitrogens with one attached hydrogen (secondary N) is 1. The van der Waals surface area contributed by atoms with Crippen LogP contribution in [-0.4, -0.2) is 30.5 Å². The average Bonchev–Trinajstić information content (AvgIpc) is 2.64. The van der Waals surface area contributed by atoms with Crippen LogP contribution in [0.2, 0.25) is 0 Å². The molecule has 0 aliphatic carbocycles. The van der Waals surface area contributed by atoms with E-state index >= 15 is 0 Å². The molecule has 2 aromatic rings. The molecule has 1 unspecified atom stereocenters. The first-order valence-electron chi connectivity index (χ1n) is 8.45. The second kappa shape index (κ2) is 9.03. The number of nitrogens with two attached hydrogens (primary N) is 1. The second-order valence-corrected chi connectivity index (χ2v) is 5.71. The highest BCUT2D eigenvalue weighted by atomic mass is 16.1. The number of rotatable bonds is 8. The van der Waals surface area contributed by atoms with E-state index in [2.05, 4.69) is 29.0 Å². The largest absolute Gasteiger partial charge is 0.357 e. The second-order valence-electron chi connectivity index (χ2n) is 5.71. The van der Waals surface area contributed by atoms with Gasteiger partial charge in [0.15, 0.2) is 0 Å². The number of pyridine rings is 1. The van der Waals surface area contributed by atoms with Crippen LogP contribution in [0.3, 0.4) is 0 Å². The van der Waals surface area contributed by atoms with E-state index in [9.17, 15) is 4.79 Å². The zero-order valence-corrected chi connectivity index (χ0v) is 14.4. The Balaban J connectivity index is 1.93. The molecule has 128 valence electrons. The normalized spacial score (nSPS) is 11.8. The first-order chi connectivity index (χ1) is 11.7. The van der Waals surface area contributed by atoms with E-state index in [4.69, 9.17) is 5.73 Å². The standard InChI is InChI=1S/C19H26N4O/c1-3-12-23(4-2)18-11-10-16(13-21-18)19(24)22-14-17(20)15-8-6-5-7-9-15/h5-11,13,17H,3-4,12,14,20H2,1-2H3,(H,22,24). The Morgan fingerprint density at radius 1 is 1.21 bits per heavy atom. The summed E-state index contributed by atoms with van der Waals surface area (Å²) in [5.41, 5.74) is 7.65. The maximum absolute atomic E-state index is 12.2. The highest BCUT2D eigenvalue weighted by molar-refractivity contribution is 5.94. The highest BCUT2D eigenvalue weighted by Gasteiger charge is 2.11. The molecule has 1 aromatic carbocycles. The van der Waals surface area contributed by atoms with E-state index < -0.39 is 0 Å². The van der Waals surface area contributed by atoms with Gasteiger partial charge in [-0.25, -0.2) is 4.98 Å². The van der Waals surface area contributed by atoms with Crippen LogP contribution in [0.1, 0.15) is 42.2 Å². The van der Waals surface area contributed by atoms with Gasteiger partial charge >= 0.3 is 0 Å². The lowest BCUT2D eigenvalue weighted by atomic mass is 10.1. The fourth-order valence-electron chi connectivity index (χ4n) is 2.53. The Morgan fingerprint density at radius 2 is 1.96 bits per heavy atom. The number of anilines is 1. The Labute approximate surface area is 143 Å². The van der Waals surface area contributed by atoms with Crippen LogP contribution in [0.5, 0.6) is 0 Å². The number of nitrogens with zero attached hydrogens (tertiary/aromatic N) is 2. The van der Waals surface area contributed by atoms with E-state index in [-0.39, 0.29) is 11.9 Å². The molecule has 0 bridgehead atoms. The van der Waals surface area contributed by atoms with E-state index in [1.54, 1.807) is 6.20 Å². The van der Waals surface area contributed by atoms with Crippen LogP contribution in [0.4, 0.5) is 5.82 Å². The molecule has 1 atom stereocenters. The van der Waals surface area contributed by atoms with Crippen LogP contribution >= 0.6 is 0 Å². The van der Waals surface area contributed by atoms with Crippen molar-refractivity contribution >= 4 is 11.7 Å². The molecule has 3 N–H and O–H groups in total. The number of carbonyl (C=O) groups excluding carboxylic acids is 1.